The van der Waals surface area contributed by atoms with E-state index in [0.717, 1.165) is 22.2 Å². The van der Waals surface area contributed by atoms with E-state index in [-0.39, 0.29) is 11.7 Å². The van der Waals surface area contributed by atoms with Crippen LogP contribution in [0.4, 0.5) is 4.39 Å². The topological polar surface area (TPSA) is 59.8 Å². The number of carbonyl (C=O) groups is 1. The number of pyridine rings is 1. The molecule has 0 fully saturated rings. The number of rotatable bonds is 5. The van der Waals surface area contributed by atoms with E-state index >= 15 is 0 Å². The van der Waals surface area contributed by atoms with Crippen LogP contribution in [0.1, 0.15) is 15.9 Å². The molecule has 0 atom stereocenters. The summed E-state index contributed by atoms with van der Waals surface area (Å²) in [7, 11) is 0. The first-order valence-corrected chi connectivity index (χ1v) is 8.62. The number of hydrogen-bond acceptors (Lipinski definition) is 3. The van der Waals surface area contributed by atoms with Crippen LogP contribution in [-0.2, 0) is 6.42 Å². The molecule has 0 spiro atoms. The molecule has 4 aromatic rings. The van der Waals surface area contributed by atoms with E-state index in [2.05, 4.69) is 15.4 Å². The molecule has 1 N–H and O–H groups in total. The summed E-state index contributed by atoms with van der Waals surface area (Å²) < 4.78 is 14.9. The molecule has 134 valence electrons. The Bertz CT molecular complexity index is 1070. The lowest BCUT2D eigenvalue weighted by atomic mass is 10.1. The first-order chi connectivity index (χ1) is 13.2. The molecule has 5 nitrogen and oxygen atoms in total. The van der Waals surface area contributed by atoms with Crippen LogP contribution in [0.5, 0.6) is 0 Å². The van der Waals surface area contributed by atoms with Crippen molar-refractivity contribution in [3.8, 4) is 5.69 Å². The van der Waals surface area contributed by atoms with Crippen LogP contribution in [0.25, 0.3) is 16.6 Å². The minimum absolute atomic E-state index is 0.150. The molecule has 1 amide bonds. The van der Waals surface area contributed by atoms with Gasteiger partial charge in [-0.15, -0.1) is 0 Å². The highest BCUT2D eigenvalue weighted by molar-refractivity contribution is 6.06. The first-order valence-electron chi connectivity index (χ1n) is 8.62. The van der Waals surface area contributed by atoms with Crippen LogP contribution in [0.2, 0.25) is 0 Å². The molecule has 2 aromatic carbocycles. The smallest absolute Gasteiger partial charge is 0.252 e. The van der Waals surface area contributed by atoms with Crippen molar-refractivity contribution in [1.29, 1.82) is 0 Å². The van der Waals surface area contributed by atoms with Gasteiger partial charge in [0.1, 0.15) is 5.82 Å². The fourth-order valence-corrected chi connectivity index (χ4v) is 3.00. The number of hydrogen-bond donors (Lipinski definition) is 1. The Morgan fingerprint density at radius 1 is 1.04 bits per heavy atom. The lowest BCUT2D eigenvalue weighted by Crippen LogP contribution is -2.25. The van der Waals surface area contributed by atoms with Gasteiger partial charge in [0.25, 0.3) is 5.91 Å². The lowest BCUT2D eigenvalue weighted by molar-refractivity contribution is 0.0956. The van der Waals surface area contributed by atoms with Crippen molar-refractivity contribution >= 4 is 16.8 Å². The molecule has 27 heavy (non-hydrogen) atoms. The van der Waals surface area contributed by atoms with Crippen LogP contribution in [-0.4, -0.2) is 27.2 Å². The number of nitrogens with one attached hydrogen (secondary N) is 1. The van der Waals surface area contributed by atoms with Gasteiger partial charge in [-0.25, -0.2) is 9.07 Å². The van der Waals surface area contributed by atoms with E-state index < -0.39 is 0 Å². The van der Waals surface area contributed by atoms with E-state index in [4.69, 9.17) is 0 Å². The Labute approximate surface area is 155 Å². The fourth-order valence-electron chi connectivity index (χ4n) is 3.00. The van der Waals surface area contributed by atoms with E-state index in [1.807, 2.05) is 24.3 Å². The van der Waals surface area contributed by atoms with Crippen LogP contribution in [0.3, 0.4) is 0 Å². The highest BCUT2D eigenvalue weighted by Crippen LogP contribution is 2.22. The SMILES string of the molecule is O=C(NCCc1cccnc1)c1cccc2c1cnn2-c1ccc(F)cc1. The van der Waals surface area contributed by atoms with Crippen LogP contribution in [0.15, 0.2) is 73.2 Å². The zero-order valence-electron chi connectivity index (χ0n) is 14.5. The van der Waals surface area contributed by atoms with Crippen LogP contribution >= 0.6 is 0 Å². The monoisotopic (exact) mass is 360 g/mol. The molecule has 0 aliphatic rings. The van der Waals surface area contributed by atoms with Gasteiger partial charge < -0.3 is 5.32 Å². The van der Waals surface area contributed by atoms with Gasteiger partial charge in [0.15, 0.2) is 0 Å². The zero-order valence-corrected chi connectivity index (χ0v) is 14.5. The highest BCUT2D eigenvalue weighted by atomic mass is 19.1. The molecule has 0 saturated carbocycles. The summed E-state index contributed by atoms with van der Waals surface area (Å²) in [6, 6.07) is 15.4. The lowest BCUT2D eigenvalue weighted by Gasteiger charge is -2.07. The molecule has 0 saturated heterocycles. The Balaban J connectivity index is 1.55. The molecular weight excluding hydrogens is 343 g/mol. The maximum absolute atomic E-state index is 13.2. The quantitative estimate of drug-likeness (QED) is 0.592. The maximum Gasteiger partial charge on any atom is 0.252 e. The Hall–Kier alpha value is -3.54. The first kappa shape index (κ1) is 16.9. The maximum atomic E-state index is 13.2. The number of halogens is 1. The van der Waals surface area contributed by atoms with Gasteiger partial charge >= 0.3 is 0 Å². The van der Waals surface area contributed by atoms with Gasteiger partial charge in [0.2, 0.25) is 0 Å². The predicted octanol–water partition coefficient (Wildman–Crippen LogP) is 3.53. The number of benzene rings is 2. The Morgan fingerprint density at radius 3 is 2.67 bits per heavy atom. The standard InChI is InChI=1S/C21H17FN4O/c22-16-6-8-17(9-7-16)26-20-5-1-4-18(19(20)14-25-26)21(27)24-12-10-15-3-2-11-23-13-15/h1-9,11,13-14H,10,12H2,(H,24,27). The number of nitrogens with zero attached hydrogens (tertiary/aromatic N) is 3. The Morgan fingerprint density at radius 2 is 1.89 bits per heavy atom. The summed E-state index contributed by atoms with van der Waals surface area (Å²) in [6.45, 7) is 0.521. The van der Waals surface area contributed by atoms with Gasteiger partial charge in [0.05, 0.1) is 23.0 Å². The van der Waals surface area contributed by atoms with Gasteiger partial charge in [-0.1, -0.05) is 12.1 Å². The summed E-state index contributed by atoms with van der Waals surface area (Å²) in [5, 5.41) is 8.07. The fraction of sp³-hybridized carbons (Fsp3) is 0.0952. The molecular formula is C21H17FN4O. The van der Waals surface area contributed by atoms with Crippen LogP contribution in [0, 0.1) is 5.82 Å². The molecule has 0 unspecified atom stereocenters. The number of carbonyl (C=O) groups excluding carboxylic acids is 1. The minimum Gasteiger partial charge on any atom is -0.352 e. The van der Waals surface area contributed by atoms with Crippen molar-refractivity contribution in [2.75, 3.05) is 6.54 Å². The summed E-state index contributed by atoms with van der Waals surface area (Å²) in [6.07, 6.45) is 5.89. The number of aromatic nitrogens is 3. The molecule has 0 aliphatic carbocycles. The largest absolute Gasteiger partial charge is 0.352 e. The summed E-state index contributed by atoms with van der Waals surface area (Å²) >= 11 is 0. The van der Waals surface area contributed by atoms with Gasteiger partial charge in [-0.2, -0.15) is 5.10 Å². The third kappa shape index (κ3) is 3.55. The summed E-state index contributed by atoms with van der Waals surface area (Å²) in [4.78, 5) is 16.7. The molecule has 4 rings (SSSR count). The van der Waals surface area contributed by atoms with Crippen molar-refractivity contribution in [2.45, 2.75) is 6.42 Å². The molecule has 2 heterocycles. The molecule has 0 bridgehead atoms. The average molecular weight is 360 g/mol. The number of amides is 1. The molecule has 0 radical (unpaired) electrons. The highest BCUT2D eigenvalue weighted by Gasteiger charge is 2.13. The van der Waals surface area contributed by atoms with Gasteiger partial charge in [0, 0.05) is 24.3 Å². The third-order valence-electron chi connectivity index (χ3n) is 4.35. The number of fused-ring (bicyclic) bond motifs is 1. The van der Waals surface area contributed by atoms with Gasteiger partial charge in [-0.05, 0) is 54.4 Å². The van der Waals surface area contributed by atoms with Crippen molar-refractivity contribution in [3.05, 3.63) is 90.1 Å². The second-order valence-electron chi connectivity index (χ2n) is 6.14. The van der Waals surface area contributed by atoms with Crippen molar-refractivity contribution in [1.82, 2.24) is 20.1 Å². The summed E-state index contributed by atoms with van der Waals surface area (Å²) in [5.41, 5.74) is 3.16. The van der Waals surface area contributed by atoms with E-state index in [1.165, 1.54) is 12.1 Å². The zero-order chi connectivity index (χ0) is 18.6. The summed E-state index contributed by atoms with van der Waals surface area (Å²) in [5.74, 6) is -0.452. The second kappa shape index (κ2) is 7.37. The van der Waals surface area contributed by atoms with E-state index in [0.29, 0.717) is 18.5 Å². The minimum atomic E-state index is -0.302. The molecule has 0 aliphatic heterocycles. The molecule has 2 aromatic heterocycles. The van der Waals surface area contributed by atoms with Gasteiger partial charge in [-0.3, -0.25) is 9.78 Å². The molecule has 6 heteroatoms. The van der Waals surface area contributed by atoms with E-state index in [9.17, 15) is 9.18 Å². The van der Waals surface area contributed by atoms with Crippen molar-refractivity contribution in [2.24, 2.45) is 0 Å². The second-order valence-corrected chi connectivity index (χ2v) is 6.14. The Kier molecular flexibility index (Phi) is 4.61. The van der Waals surface area contributed by atoms with E-state index in [1.54, 1.807) is 41.5 Å². The predicted molar refractivity (Wildman–Crippen MR) is 101 cm³/mol. The average Bonchev–Trinajstić information content (AvgIpc) is 3.13. The van der Waals surface area contributed by atoms with Crippen molar-refractivity contribution < 1.29 is 9.18 Å². The normalized spacial score (nSPS) is 10.9. The van der Waals surface area contributed by atoms with Crippen LogP contribution < -0.4 is 5.32 Å². The van der Waals surface area contributed by atoms with Crippen molar-refractivity contribution in [3.63, 3.8) is 0 Å². The third-order valence-corrected chi connectivity index (χ3v) is 4.35.